The Balaban J connectivity index is 2.01. The number of anilines is 2. The van der Waals surface area contributed by atoms with E-state index in [1.165, 1.54) is 19.4 Å². The van der Waals surface area contributed by atoms with Crippen LogP contribution in [0.2, 0.25) is 0 Å². The standard InChI is InChI=1S/C16H19N5O5/c1-25-15-10-13(20-5-7-26-8-6-20)14(21(23)24)9-12(15)19-16(11-22)17-3-2-4-18-16/h2-4,9-11,17,19H,5-8H2,1H3. The fourth-order valence-electron chi connectivity index (χ4n) is 2.81. The van der Waals surface area contributed by atoms with Crippen molar-refractivity contribution in [1.29, 1.82) is 0 Å². The number of benzene rings is 1. The molecular formula is C16H19N5O5. The highest BCUT2D eigenvalue weighted by Gasteiger charge is 2.31. The maximum Gasteiger partial charge on any atom is 0.294 e. The average Bonchev–Trinajstić information content (AvgIpc) is 2.69. The highest BCUT2D eigenvalue weighted by atomic mass is 16.6. The Morgan fingerprint density at radius 3 is 2.81 bits per heavy atom. The molecule has 2 heterocycles. The number of aliphatic imine (C=N–C) groups is 1. The highest BCUT2D eigenvalue weighted by molar-refractivity contribution is 5.82. The van der Waals surface area contributed by atoms with Gasteiger partial charge >= 0.3 is 0 Å². The van der Waals surface area contributed by atoms with Gasteiger partial charge in [0, 0.05) is 37.6 Å². The van der Waals surface area contributed by atoms with E-state index in [-0.39, 0.29) is 11.4 Å². The predicted molar refractivity (Wildman–Crippen MR) is 95.9 cm³/mol. The lowest BCUT2D eigenvalue weighted by molar-refractivity contribution is -0.384. The van der Waals surface area contributed by atoms with Gasteiger partial charge in [-0.1, -0.05) is 0 Å². The Labute approximate surface area is 149 Å². The van der Waals surface area contributed by atoms with Crippen LogP contribution in [0.3, 0.4) is 0 Å². The number of rotatable bonds is 6. The van der Waals surface area contributed by atoms with Crippen LogP contribution in [-0.2, 0) is 9.53 Å². The van der Waals surface area contributed by atoms with Crippen LogP contribution < -0.4 is 20.3 Å². The molecule has 10 nitrogen and oxygen atoms in total. The Bertz CT molecular complexity index is 760. The van der Waals surface area contributed by atoms with Crippen molar-refractivity contribution < 1.29 is 19.2 Å². The number of hydrogen-bond acceptors (Lipinski definition) is 9. The van der Waals surface area contributed by atoms with Crippen LogP contribution in [0.1, 0.15) is 0 Å². The number of allylic oxidation sites excluding steroid dienone is 1. The second kappa shape index (κ2) is 7.40. The molecule has 1 fully saturated rings. The summed E-state index contributed by atoms with van der Waals surface area (Å²) in [5, 5.41) is 17.3. The molecule has 0 spiro atoms. The molecule has 0 aromatic heterocycles. The van der Waals surface area contributed by atoms with Gasteiger partial charge in [-0.15, -0.1) is 0 Å². The minimum absolute atomic E-state index is 0.0911. The number of nitrogens with one attached hydrogen (secondary N) is 2. The van der Waals surface area contributed by atoms with Gasteiger partial charge in [-0.2, -0.15) is 0 Å². The number of carbonyl (C=O) groups excluding carboxylic acids is 1. The molecule has 0 aliphatic carbocycles. The molecular weight excluding hydrogens is 342 g/mol. The highest BCUT2D eigenvalue weighted by Crippen LogP contribution is 2.39. The fourth-order valence-corrected chi connectivity index (χ4v) is 2.81. The smallest absolute Gasteiger partial charge is 0.294 e. The Morgan fingerprint density at radius 2 is 2.23 bits per heavy atom. The molecule has 2 aliphatic rings. The van der Waals surface area contributed by atoms with Crippen molar-refractivity contribution in [3.63, 3.8) is 0 Å². The Morgan fingerprint density at radius 1 is 1.46 bits per heavy atom. The zero-order valence-corrected chi connectivity index (χ0v) is 14.2. The molecule has 1 atom stereocenters. The van der Waals surface area contributed by atoms with E-state index in [9.17, 15) is 14.9 Å². The van der Waals surface area contributed by atoms with Crippen molar-refractivity contribution in [2.45, 2.75) is 5.79 Å². The summed E-state index contributed by atoms with van der Waals surface area (Å²) < 4.78 is 10.7. The summed E-state index contributed by atoms with van der Waals surface area (Å²) in [6.45, 7) is 2.09. The number of nitro benzene ring substituents is 1. The lowest BCUT2D eigenvalue weighted by Crippen LogP contribution is -2.50. The lowest BCUT2D eigenvalue weighted by atomic mass is 10.1. The zero-order valence-electron chi connectivity index (χ0n) is 14.2. The molecule has 1 aromatic rings. The topological polar surface area (TPSA) is 118 Å². The molecule has 0 bridgehead atoms. The number of ether oxygens (including phenoxy) is 2. The minimum Gasteiger partial charge on any atom is -0.495 e. The monoisotopic (exact) mass is 361 g/mol. The third-order valence-electron chi connectivity index (χ3n) is 4.10. The van der Waals surface area contributed by atoms with Gasteiger partial charge < -0.3 is 25.0 Å². The van der Waals surface area contributed by atoms with Crippen LogP contribution in [-0.4, -0.2) is 56.6 Å². The molecule has 2 N–H and O–H groups in total. The van der Waals surface area contributed by atoms with Crippen LogP contribution in [0.15, 0.2) is 29.4 Å². The van der Waals surface area contributed by atoms with Crippen molar-refractivity contribution in [2.75, 3.05) is 43.6 Å². The first-order valence-corrected chi connectivity index (χ1v) is 8.00. The van der Waals surface area contributed by atoms with Crippen molar-refractivity contribution in [3.05, 3.63) is 34.5 Å². The van der Waals surface area contributed by atoms with Crippen molar-refractivity contribution >= 4 is 29.6 Å². The summed E-state index contributed by atoms with van der Waals surface area (Å²) in [6.07, 6.45) is 5.22. The molecule has 0 saturated carbocycles. The Hall–Kier alpha value is -3.14. The second-order valence-electron chi connectivity index (χ2n) is 5.69. The summed E-state index contributed by atoms with van der Waals surface area (Å²) in [7, 11) is 1.46. The summed E-state index contributed by atoms with van der Waals surface area (Å²) in [5.41, 5.74) is 0.635. The van der Waals surface area contributed by atoms with E-state index in [0.29, 0.717) is 44.0 Å². The zero-order chi connectivity index (χ0) is 18.6. The molecule has 1 saturated heterocycles. The van der Waals surface area contributed by atoms with Gasteiger partial charge in [0.15, 0.2) is 6.29 Å². The van der Waals surface area contributed by atoms with Gasteiger partial charge in [-0.3, -0.25) is 14.9 Å². The lowest BCUT2D eigenvalue weighted by Gasteiger charge is -2.31. The number of aldehydes is 1. The van der Waals surface area contributed by atoms with Crippen LogP contribution in [0.4, 0.5) is 17.1 Å². The molecule has 3 rings (SSSR count). The number of methoxy groups -OCH3 is 1. The average molecular weight is 361 g/mol. The van der Waals surface area contributed by atoms with Crippen molar-refractivity contribution in [1.82, 2.24) is 5.32 Å². The van der Waals surface area contributed by atoms with E-state index in [2.05, 4.69) is 15.6 Å². The van der Waals surface area contributed by atoms with Gasteiger partial charge in [0.25, 0.3) is 11.5 Å². The quantitative estimate of drug-likeness (QED) is 0.436. The summed E-state index contributed by atoms with van der Waals surface area (Å²) >= 11 is 0. The number of morpholine rings is 1. The molecule has 26 heavy (non-hydrogen) atoms. The molecule has 0 radical (unpaired) electrons. The maximum absolute atomic E-state index is 11.6. The predicted octanol–water partition coefficient (Wildman–Crippen LogP) is 0.892. The van der Waals surface area contributed by atoms with E-state index in [4.69, 9.17) is 9.47 Å². The maximum atomic E-state index is 11.6. The molecule has 1 unspecified atom stereocenters. The third kappa shape index (κ3) is 3.45. The Kier molecular flexibility index (Phi) is 5.03. The largest absolute Gasteiger partial charge is 0.495 e. The first-order chi connectivity index (χ1) is 12.6. The number of carbonyl (C=O) groups is 1. The third-order valence-corrected chi connectivity index (χ3v) is 4.10. The number of hydrogen-bond donors (Lipinski definition) is 2. The molecule has 10 heteroatoms. The van der Waals surface area contributed by atoms with Crippen LogP contribution >= 0.6 is 0 Å². The van der Waals surface area contributed by atoms with Gasteiger partial charge in [-0.05, 0) is 6.08 Å². The van der Waals surface area contributed by atoms with E-state index in [1.807, 2.05) is 4.90 Å². The first-order valence-electron chi connectivity index (χ1n) is 8.00. The van der Waals surface area contributed by atoms with E-state index < -0.39 is 10.7 Å². The first kappa shape index (κ1) is 17.7. The van der Waals surface area contributed by atoms with Gasteiger partial charge in [0.1, 0.15) is 11.4 Å². The normalized spacial score (nSPS) is 21.8. The SMILES string of the molecule is COc1cc(N2CCOCC2)c([N+](=O)[O-])cc1NC1(C=O)N=CC=CN1. The van der Waals surface area contributed by atoms with Gasteiger partial charge in [-0.25, -0.2) is 4.99 Å². The van der Waals surface area contributed by atoms with Crippen LogP contribution in [0, 0.1) is 10.1 Å². The second-order valence-corrected chi connectivity index (χ2v) is 5.69. The fraction of sp³-hybridized carbons (Fsp3) is 0.375. The summed E-state index contributed by atoms with van der Waals surface area (Å²) in [6, 6.07) is 2.94. The summed E-state index contributed by atoms with van der Waals surface area (Å²) in [4.78, 5) is 28.7. The van der Waals surface area contributed by atoms with Gasteiger partial charge in [0.2, 0.25) is 0 Å². The van der Waals surface area contributed by atoms with E-state index in [0.717, 1.165) is 0 Å². The van der Waals surface area contributed by atoms with Crippen molar-refractivity contribution in [2.24, 2.45) is 4.99 Å². The van der Waals surface area contributed by atoms with Crippen LogP contribution in [0.25, 0.3) is 0 Å². The summed E-state index contributed by atoms with van der Waals surface area (Å²) in [5.74, 6) is -1.08. The molecule has 0 amide bonds. The van der Waals surface area contributed by atoms with Gasteiger partial charge in [0.05, 0.1) is 30.9 Å². The number of nitro groups is 1. The van der Waals surface area contributed by atoms with E-state index >= 15 is 0 Å². The van der Waals surface area contributed by atoms with E-state index in [1.54, 1.807) is 18.3 Å². The molecule has 1 aromatic carbocycles. The molecule has 2 aliphatic heterocycles. The number of nitrogens with zero attached hydrogens (tertiary/aromatic N) is 3. The van der Waals surface area contributed by atoms with Crippen molar-refractivity contribution in [3.8, 4) is 5.75 Å². The van der Waals surface area contributed by atoms with Crippen LogP contribution in [0.5, 0.6) is 5.75 Å². The minimum atomic E-state index is -1.45. The molecule has 138 valence electrons.